The third-order valence-electron chi connectivity index (χ3n) is 9.11. The van der Waals surface area contributed by atoms with Gasteiger partial charge in [0.05, 0.1) is 36.4 Å². The molecule has 2 aromatic heterocycles. The summed E-state index contributed by atoms with van der Waals surface area (Å²) in [5.74, 6) is 0.133. The number of aromatic hydroxyl groups is 1. The van der Waals surface area contributed by atoms with Gasteiger partial charge >= 0.3 is 6.01 Å². The maximum atomic E-state index is 16.2. The van der Waals surface area contributed by atoms with Crippen molar-refractivity contribution in [2.45, 2.75) is 44.6 Å². The molecule has 0 unspecified atom stereocenters. The topological polar surface area (TPSA) is 104 Å². The maximum absolute atomic E-state index is 16.2. The molecule has 0 spiro atoms. The molecule has 2 aromatic carbocycles. The quantitative estimate of drug-likeness (QED) is 0.163. The Morgan fingerprint density at radius 3 is 2.77 bits per heavy atom. The summed E-state index contributed by atoms with van der Waals surface area (Å²) in [7, 11) is 0. The number of halogens is 4. The van der Waals surface area contributed by atoms with Crippen molar-refractivity contribution >= 4 is 39.1 Å². The van der Waals surface area contributed by atoms with Crippen LogP contribution in [0.15, 0.2) is 30.5 Å². The van der Waals surface area contributed by atoms with Gasteiger partial charge in [-0.2, -0.15) is 16.4 Å². The Hall–Kier alpha value is -3.49. The van der Waals surface area contributed by atoms with E-state index in [-0.39, 0.29) is 95.0 Å². The van der Waals surface area contributed by atoms with Crippen molar-refractivity contribution in [1.82, 2.24) is 19.9 Å². The van der Waals surface area contributed by atoms with Crippen molar-refractivity contribution in [1.29, 1.82) is 0 Å². The Kier molecular flexibility index (Phi) is 9.88. The third-order valence-corrected chi connectivity index (χ3v) is 9.11. The molecule has 4 aromatic rings. The standard InChI is InChI=1S/C27H20F3N5O3.C7H11FN.U/c1-3-15-19(28)5-4-13-8-14(32-12(2)36)9-16(20(13)15)23-22(30)24-17(10-31-23)26(34-27(37)33-24)35-6-7-38-11-18-21(29)25(18)35;8-6-4-7-2-1-3-9(7)5-6;/h1,4-5,8-10,18,21,25H,6-7,11H2,2H3,(H,32,36)(H,33,34,37);6H,1-5H2;/q;-1;/t18-,21-,25-;6-;/m01./s1. The minimum Gasteiger partial charge on any atom is -0.479 e. The van der Waals surface area contributed by atoms with Crippen molar-refractivity contribution < 1.29 is 63.3 Å². The van der Waals surface area contributed by atoms with Crippen molar-refractivity contribution in [2.24, 2.45) is 5.92 Å². The Morgan fingerprint density at radius 2 is 2.02 bits per heavy atom. The van der Waals surface area contributed by atoms with Gasteiger partial charge in [-0.05, 0) is 36.7 Å². The predicted octanol–water partition coefficient (Wildman–Crippen LogP) is 5.30. The molecule has 8 rings (SSSR count). The summed E-state index contributed by atoms with van der Waals surface area (Å²) in [5, 5.41) is 13.8. The number of anilines is 2. The van der Waals surface area contributed by atoms with E-state index in [0.29, 0.717) is 24.2 Å². The van der Waals surface area contributed by atoms with Crippen molar-refractivity contribution in [2.75, 3.05) is 43.1 Å². The normalized spacial score (nSPS) is 23.4. The average molecular weight is 886 g/mol. The van der Waals surface area contributed by atoms with Gasteiger partial charge in [0.2, 0.25) is 5.91 Å². The number of aromatic nitrogens is 3. The van der Waals surface area contributed by atoms with E-state index in [1.54, 1.807) is 11.0 Å². The van der Waals surface area contributed by atoms with Gasteiger partial charge in [-0.25, -0.2) is 23.6 Å². The van der Waals surface area contributed by atoms with Crippen LogP contribution < -0.4 is 10.2 Å². The molecule has 3 aliphatic heterocycles. The molecular formula is C34H31F4N6O3U-. The van der Waals surface area contributed by atoms with E-state index in [9.17, 15) is 23.1 Å². The van der Waals surface area contributed by atoms with Gasteiger partial charge in [0, 0.05) is 73.3 Å². The second-order valence-corrected chi connectivity index (χ2v) is 12.2. The Balaban J connectivity index is 0.000000345. The number of nitrogens with one attached hydrogen (secondary N) is 1. The molecule has 14 heteroatoms. The van der Waals surface area contributed by atoms with Crippen LogP contribution in [0.25, 0.3) is 32.9 Å². The number of hydrogen-bond donors (Lipinski definition) is 2. The first-order chi connectivity index (χ1) is 22.6. The number of carbonyl (C=O) groups excluding carboxylic acids is 1. The number of alkyl halides is 2. The number of hydrogen-bond acceptors (Lipinski definition) is 8. The van der Waals surface area contributed by atoms with Crippen LogP contribution >= 0.6 is 0 Å². The number of ether oxygens (including phenoxy) is 1. The fourth-order valence-corrected chi connectivity index (χ4v) is 6.97. The molecule has 1 saturated carbocycles. The van der Waals surface area contributed by atoms with E-state index in [0.717, 1.165) is 19.4 Å². The minimum atomic E-state index is -1.14. The zero-order valence-corrected chi connectivity index (χ0v) is 30.1. The van der Waals surface area contributed by atoms with Crippen LogP contribution in [0.2, 0.25) is 0 Å². The molecule has 4 aliphatic rings. The predicted molar refractivity (Wildman–Crippen MR) is 168 cm³/mol. The smallest absolute Gasteiger partial charge is 0.316 e. The number of rotatable bonds is 3. The van der Waals surface area contributed by atoms with E-state index in [2.05, 4.69) is 31.1 Å². The molecule has 1 amide bonds. The number of carbonyl (C=O) groups is 1. The second kappa shape index (κ2) is 13.8. The Bertz CT molecular complexity index is 1930. The minimum absolute atomic E-state index is 0. The Morgan fingerprint density at radius 1 is 1.21 bits per heavy atom. The number of nitrogens with zero attached hydrogens (tertiary/aromatic N) is 5. The molecule has 4 fully saturated rings. The number of pyridine rings is 1. The van der Waals surface area contributed by atoms with Crippen LogP contribution in [-0.4, -0.2) is 82.1 Å². The maximum Gasteiger partial charge on any atom is 0.316 e. The van der Waals surface area contributed by atoms with Gasteiger partial charge in [-0.1, -0.05) is 18.4 Å². The molecule has 3 saturated heterocycles. The zero-order valence-electron chi connectivity index (χ0n) is 25.9. The molecule has 1 aliphatic carbocycles. The third kappa shape index (κ3) is 6.34. The zero-order chi connectivity index (χ0) is 33.0. The second-order valence-electron chi connectivity index (χ2n) is 12.2. The molecule has 4 atom stereocenters. The van der Waals surface area contributed by atoms with Crippen LogP contribution in [0.3, 0.4) is 0 Å². The first-order valence-electron chi connectivity index (χ1n) is 15.4. The van der Waals surface area contributed by atoms with Gasteiger partial charge in [0.1, 0.15) is 29.0 Å². The summed E-state index contributed by atoms with van der Waals surface area (Å²) in [6.07, 6.45) is 8.36. The first-order valence-corrected chi connectivity index (χ1v) is 15.4. The van der Waals surface area contributed by atoms with E-state index >= 15 is 4.39 Å². The molecule has 2 N–H and O–H groups in total. The summed E-state index contributed by atoms with van der Waals surface area (Å²) < 4.78 is 63.4. The van der Waals surface area contributed by atoms with Gasteiger partial charge in [0.15, 0.2) is 5.82 Å². The fraction of sp³-hybridized carbons (Fsp3) is 0.382. The van der Waals surface area contributed by atoms with Gasteiger partial charge < -0.3 is 25.0 Å². The summed E-state index contributed by atoms with van der Waals surface area (Å²) in [6, 6.07) is 5.83. The first kappa shape index (κ1) is 34.4. The van der Waals surface area contributed by atoms with E-state index in [4.69, 9.17) is 11.2 Å². The summed E-state index contributed by atoms with van der Waals surface area (Å²) in [6.45, 7) is 3.95. The number of amides is 1. The van der Waals surface area contributed by atoms with Crippen LogP contribution in [0.1, 0.15) is 31.7 Å². The number of fused-ring (bicyclic) bond motifs is 4. The monoisotopic (exact) mass is 885 g/mol. The fourth-order valence-electron chi connectivity index (χ4n) is 6.97. The van der Waals surface area contributed by atoms with E-state index in [1.165, 1.54) is 43.8 Å². The Labute approximate surface area is 297 Å². The molecule has 48 heavy (non-hydrogen) atoms. The number of benzene rings is 2. The van der Waals surface area contributed by atoms with Crippen LogP contribution in [-0.2, 0) is 9.53 Å². The van der Waals surface area contributed by atoms with Crippen LogP contribution in [0.5, 0.6) is 6.01 Å². The van der Waals surface area contributed by atoms with Crippen molar-refractivity contribution in [3.8, 4) is 29.6 Å². The van der Waals surface area contributed by atoms with E-state index < -0.39 is 36.0 Å². The molecule has 0 radical (unpaired) electrons. The van der Waals surface area contributed by atoms with Gasteiger partial charge in [-0.3, -0.25) is 9.78 Å². The molecule has 5 heterocycles. The van der Waals surface area contributed by atoms with Gasteiger partial charge in [-0.15, -0.1) is 12.8 Å². The van der Waals surface area contributed by atoms with E-state index in [1.807, 2.05) is 0 Å². The molecular weight excluding hydrogens is 854 g/mol. The van der Waals surface area contributed by atoms with Gasteiger partial charge in [0.25, 0.3) is 0 Å². The van der Waals surface area contributed by atoms with Crippen LogP contribution in [0, 0.1) is 67.1 Å². The molecule has 248 valence electrons. The SMILES string of the molecule is C#Cc1c(F)ccc2cc(NC(C)=O)cc(-c3ncc4c(N5CCOC[C@H]6[C@H](F)[C@H]65)nc(O)nc4c3F)c12.F[C@@H]1C[C-]2CCCN2C1.[U]. The molecule has 9 nitrogen and oxygen atoms in total. The van der Waals surface area contributed by atoms with Crippen molar-refractivity contribution in [3.05, 3.63) is 53.7 Å². The van der Waals surface area contributed by atoms with Crippen molar-refractivity contribution in [3.63, 3.8) is 0 Å². The number of terminal acetylenes is 1. The molecule has 0 bridgehead atoms. The summed E-state index contributed by atoms with van der Waals surface area (Å²) >= 11 is 0. The average Bonchev–Trinajstić information content (AvgIpc) is 3.34. The van der Waals surface area contributed by atoms with Crippen LogP contribution in [0.4, 0.5) is 29.1 Å². The summed E-state index contributed by atoms with van der Waals surface area (Å²) in [5.41, 5.74) is -0.148. The largest absolute Gasteiger partial charge is 0.479 e. The summed E-state index contributed by atoms with van der Waals surface area (Å²) in [4.78, 5) is 27.9.